The van der Waals surface area contributed by atoms with Crippen molar-refractivity contribution in [2.75, 3.05) is 59.0 Å². The Morgan fingerprint density at radius 3 is 2.68 bits per heavy atom. The van der Waals surface area contributed by atoms with E-state index >= 15 is 0 Å². The Balaban J connectivity index is 0.00000392. The van der Waals surface area contributed by atoms with Crippen LogP contribution in [-0.4, -0.2) is 75.8 Å². The standard InChI is InChI=1S/C19H30FN5O2.HI/c1-2-21-19(24-8-9-25-10-12-27-13-11-25)23-7-6-22-18(26)15-16-4-3-5-17(20)14-16;/h3-5,14H,2,6-13,15H2,1H3,(H,22,26)(H2,21,23,24);1H. The highest BCUT2D eigenvalue weighted by molar-refractivity contribution is 14.0. The van der Waals surface area contributed by atoms with E-state index in [4.69, 9.17) is 4.74 Å². The molecular weight excluding hydrogens is 476 g/mol. The molecular formula is C19H31FIN5O2. The first-order valence-electron chi connectivity index (χ1n) is 9.51. The number of halogens is 2. The molecule has 3 N–H and O–H groups in total. The summed E-state index contributed by atoms with van der Waals surface area (Å²) in [5.41, 5.74) is 0.665. The van der Waals surface area contributed by atoms with E-state index in [1.54, 1.807) is 12.1 Å². The van der Waals surface area contributed by atoms with Crippen LogP contribution in [0.3, 0.4) is 0 Å². The van der Waals surface area contributed by atoms with Gasteiger partial charge in [0.25, 0.3) is 0 Å². The molecule has 9 heteroatoms. The van der Waals surface area contributed by atoms with Crippen LogP contribution in [0.4, 0.5) is 4.39 Å². The van der Waals surface area contributed by atoms with Crippen molar-refractivity contribution in [1.29, 1.82) is 0 Å². The van der Waals surface area contributed by atoms with E-state index in [-0.39, 0.29) is 42.1 Å². The number of morpholine rings is 1. The lowest BCUT2D eigenvalue weighted by Gasteiger charge is -2.25. The van der Waals surface area contributed by atoms with Gasteiger partial charge in [0.2, 0.25) is 5.91 Å². The van der Waals surface area contributed by atoms with Gasteiger partial charge in [0.05, 0.1) is 26.2 Å². The SMILES string of the molecule is CCNC(=NCCN1CCOCC1)NCCNC(=O)Cc1cccc(F)c1.I. The molecule has 7 nitrogen and oxygen atoms in total. The lowest BCUT2D eigenvalue weighted by molar-refractivity contribution is -0.120. The van der Waals surface area contributed by atoms with Crippen molar-refractivity contribution in [3.63, 3.8) is 0 Å². The summed E-state index contributed by atoms with van der Waals surface area (Å²) in [5, 5.41) is 9.23. The molecule has 0 bridgehead atoms. The van der Waals surface area contributed by atoms with Gasteiger partial charge in [-0.2, -0.15) is 0 Å². The van der Waals surface area contributed by atoms with Gasteiger partial charge < -0.3 is 20.7 Å². The summed E-state index contributed by atoms with van der Waals surface area (Å²) in [5.74, 6) is 0.285. The van der Waals surface area contributed by atoms with E-state index < -0.39 is 0 Å². The van der Waals surface area contributed by atoms with Crippen molar-refractivity contribution in [1.82, 2.24) is 20.9 Å². The summed E-state index contributed by atoms with van der Waals surface area (Å²) in [6.45, 7) is 8.93. The number of carbonyl (C=O) groups excluding carboxylic acids is 1. The molecule has 1 amide bonds. The summed E-state index contributed by atoms with van der Waals surface area (Å²) in [6, 6.07) is 6.09. The minimum atomic E-state index is -0.328. The molecule has 1 aromatic carbocycles. The van der Waals surface area contributed by atoms with Gasteiger partial charge in [0.1, 0.15) is 5.82 Å². The Bertz CT molecular complexity index is 612. The van der Waals surface area contributed by atoms with Crippen molar-refractivity contribution in [2.24, 2.45) is 4.99 Å². The molecule has 0 saturated carbocycles. The Hall–Kier alpha value is -1.46. The molecule has 1 fully saturated rings. The molecule has 28 heavy (non-hydrogen) atoms. The van der Waals surface area contributed by atoms with Crippen molar-refractivity contribution in [3.05, 3.63) is 35.6 Å². The average molecular weight is 507 g/mol. The maximum atomic E-state index is 13.1. The number of benzene rings is 1. The van der Waals surface area contributed by atoms with E-state index in [0.717, 1.165) is 45.4 Å². The summed E-state index contributed by atoms with van der Waals surface area (Å²) in [4.78, 5) is 18.8. The number of carbonyl (C=O) groups is 1. The molecule has 0 atom stereocenters. The van der Waals surface area contributed by atoms with Gasteiger partial charge in [0.15, 0.2) is 5.96 Å². The minimum absolute atomic E-state index is 0. The maximum Gasteiger partial charge on any atom is 0.224 e. The van der Waals surface area contributed by atoms with Crippen LogP contribution in [-0.2, 0) is 16.0 Å². The number of nitrogens with zero attached hydrogens (tertiary/aromatic N) is 2. The van der Waals surface area contributed by atoms with Crippen molar-refractivity contribution >= 4 is 35.8 Å². The number of ether oxygens (including phenoxy) is 1. The van der Waals surface area contributed by atoms with E-state index in [2.05, 4.69) is 25.8 Å². The van der Waals surface area contributed by atoms with Crippen LogP contribution in [0.5, 0.6) is 0 Å². The highest BCUT2D eigenvalue weighted by Gasteiger charge is 2.09. The van der Waals surface area contributed by atoms with Crippen molar-refractivity contribution < 1.29 is 13.9 Å². The zero-order valence-corrected chi connectivity index (χ0v) is 18.7. The van der Waals surface area contributed by atoms with Gasteiger partial charge in [-0.3, -0.25) is 14.7 Å². The third kappa shape index (κ3) is 10.2. The number of guanidine groups is 1. The van der Waals surface area contributed by atoms with Gasteiger partial charge in [0, 0.05) is 39.3 Å². The first-order chi connectivity index (χ1) is 13.2. The summed E-state index contributed by atoms with van der Waals surface area (Å²) < 4.78 is 18.5. The van der Waals surface area contributed by atoms with Crippen molar-refractivity contribution in [3.8, 4) is 0 Å². The van der Waals surface area contributed by atoms with Gasteiger partial charge in [-0.05, 0) is 24.6 Å². The van der Waals surface area contributed by atoms with Gasteiger partial charge >= 0.3 is 0 Å². The topological polar surface area (TPSA) is 78.0 Å². The fraction of sp³-hybridized carbons (Fsp3) is 0.579. The second-order valence-electron chi connectivity index (χ2n) is 6.30. The molecule has 0 radical (unpaired) electrons. The van der Waals surface area contributed by atoms with Crippen LogP contribution in [0.15, 0.2) is 29.3 Å². The van der Waals surface area contributed by atoms with Crippen LogP contribution < -0.4 is 16.0 Å². The molecule has 1 heterocycles. The maximum absolute atomic E-state index is 13.1. The Morgan fingerprint density at radius 1 is 1.21 bits per heavy atom. The van der Waals surface area contributed by atoms with E-state index in [0.29, 0.717) is 25.2 Å². The first kappa shape index (κ1) is 24.6. The largest absolute Gasteiger partial charge is 0.379 e. The number of hydrogen-bond acceptors (Lipinski definition) is 4. The Kier molecular flexibility index (Phi) is 12.8. The number of amides is 1. The summed E-state index contributed by atoms with van der Waals surface area (Å²) in [6.07, 6.45) is 0.172. The fourth-order valence-corrected chi connectivity index (χ4v) is 2.75. The normalized spacial score (nSPS) is 14.9. The minimum Gasteiger partial charge on any atom is -0.379 e. The molecule has 0 spiro atoms. The molecule has 0 unspecified atom stereocenters. The molecule has 1 saturated heterocycles. The number of hydrogen-bond donors (Lipinski definition) is 3. The Labute approximate surface area is 183 Å². The highest BCUT2D eigenvalue weighted by Crippen LogP contribution is 2.03. The smallest absolute Gasteiger partial charge is 0.224 e. The summed E-state index contributed by atoms with van der Waals surface area (Å²) >= 11 is 0. The van der Waals surface area contributed by atoms with Gasteiger partial charge in [-0.25, -0.2) is 4.39 Å². The van der Waals surface area contributed by atoms with Crippen LogP contribution in [0.1, 0.15) is 12.5 Å². The molecule has 1 aliphatic heterocycles. The predicted molar refractivity (Wildman–Crippen MR) is 120 cm³/mol. The highest BCUT2D eigenvalue weighted by atomic mass is 127. The number of rotatable bonds is 9. The van der Waals surface area contributed by atoms with Crippen LogP contribution in [0.2, 0.25) is 0 Å². The monoisotopic (exact) mass is 507 g/mol. The van der Waals surface area contributed by atoms with E-state index in [1.807, 2.05) is 6.92 Å². The van der Waals surface area contributed by atoms with Gasteiger partial charge in [-0.1, -0.05) is 12.1 Å². The molecule has 0 aromatic heterocycles. The van der Waals surface area contributed by atoms with Gasteiger partial charge in [-0.15, -0.1) is 24.0 Å². The predicted octanol–water partition coefficient (Wildman–Crippen LogP) is 0.990. The third-order valence-corrected chi connectivity index (χ3v) is 4.13. The molecule has 2 rings (SSSR count). The van der Waals surface area contributed by atoms with E-state index in [1.165, 1.54) is 12.1 Å². The van der Waals surface area contributed by atoms with Crippen molar-refractivity contribution in [2.45, 2.75) is 13.3 Å². The second-order valence-corrected chi connectivity index (χ2v) is 6.30. The third-order valence-electron chi connectivity index (χ3n) is 4.13. The number of aliphatic imine (C=N–C) groups is 1. The number of nitrogens with one attached hydrogen (secondary N) is 3. The zero-order valence-electron chi connectivity index (χ0n) is 16.4. The first-order valence-corrected chi connectivity index (χ1v) is 9.51. The molecule has 1 aliphatic rings. The lowest BCUT2D eigenvalue weighted by atomic mass is 10.1. The van der Waals surface area contributed by atoms with Crippen LogP contribution in [0, 0.1) is 5.82 Å². The second kappa shape index (κ2) is 14.5. The Morgan fingerprint density at radius 2 is 1.96 bits per heavy atom. The van der Waals surface area contributed by atoms with E-state index in [9.17, 15) is 9.18 Å². The quantitative estimate of drug-likeness (QED) is 0.201. The molecule has 158 valence electrons. The zero-order chi connectivity index (χ0) is 19.3. The average Bonchev–Trinajstić information content (AvgIpc) is 2.66. The van der Waals surface area contributed by atoms with Crippen LogP contribution in [0.25, 0.3) is 0 Å². The molecule has 0 aliphatic carbocycles. The van der Waals surface area contributed by atoms with Crippen LogP contribution >= 0.6 is 24.0 Å². The molecule has 1 aromatic rings. The lowest BCUT2D eigenvalue weighted by Crippen LogP contribution is -2.42. The summed E-state index contributed by atoms with van der Waals surface area (Å²) in [7, 11) is 0. The fourth-order valence-electron chi connectivity index (χ4n) is 2.75.